The van der Waals surface area contributed by atoms with Gasteiger partial charge in [0.15, 0.2) is 0 Å². The Morgan fingerprint density at radius 2 is 1.79 bits per heavy atom. The van der Waals surface area contributed by atoms with Gasteiger partial charge in [0, 0.05) is 18.5 Å². The predicted octanol–water partition coefficient (Wildman–Crippen LogP) is 3.03. The van der Waals surface area contributed by atoms with Crippen molar-refractivity contribution in [3.05, 3.63) is 0 Å². The molecule has 1 aliphatic carbocycles. The van der Waals surface area contributed by atoms with Crippen molar-refractivity contribution in [3.63, 3.8) is 0 Å². The molecule has 1 amide bonds. The zero-order chi connectivity index (χ0) is 12.8. The Labute approximate surface area is 123 Å². The molecule has 4 heteroatoms. The van der Waals surface area contributed by atoms with Crippen molar-refractivity contribution in [2.24, 2.45) is 5.92 Å². The maximum Gasteiger partial charge on any atom is 0.220 e. The number of carbonyl (C=O) groups is 1. The molecule has 1 saturated heterocycles. The summed E-state index contributed by atoms with van der Waals surface area (Å²) >= 11 is 0. The van der Waals surface area contributed by atoms with Gasteiger partial charge in [0.2, 0.25) is 5.91 Å². The smallest absolute Gasteiger partial charge is 0.220 e. The number of hydrogen-bond donors (Lipinski definition) is 2. The van der Waals surface area contributed by atoms with Crippen molar-refractivity contribution >= 4 is 18.3 Å². The number of halogens is 1. The molecule has 19 heavy (non-hydrogen) atoms. The molecule has 2 unspecified atom stereocenters. The summed E-state index contributed by atoms with van der Waals surface area (Å²) in [4.78, 5) is 12.1. The van der Waals surface area contributed by atoms with Crippen LogP contribution in [-0.4, -0.2) is 24.5 Å². The number of hydrogen-bond acceptors (Lipinski definition) is 2. The molecule has 2 N–H and O–H groups in total. The molecular weight excluding hydrogens is 260 g/mol. The third-order valence-electron chi connectivity index (χ3n) is 4.56. The van der Waals surface area contributed by atoms with Crippen LogP contribution in [0.3, 0.4) is 0 Å². The van der Waals surface area contributed by atoms with E-state index in [2.05, 4.69) is 17.6 Å². The molecule has 1 aliphatic heterocycles. The van der Waals surface area contributed by atoms with Gasteiger partial charge in [0.05, 0.1) is 0 Å². The summed E-state index contributed by atoms with van der Waals surface area (Å²) in [6.07, 6.45) is 10.9. The van der Waals surface area contributed by atoms with Crippen LogP contribution in [0.25, 0.3) is 0 Å². The standard InChI is InChI=1S/C15H28N2O.ClH/c1-12-14(9-6-10-16-12)17-15(18)11-13-7-4-2-3-5-8-13;/h12-14,16H,2-11H2,1H3,(H,17,18);1H. The molecule has 0 bridgehead atoms. The summed E-state index contributed by atoms with van der Waals surface area (Å²) in [5.41, 5.74) is 0. The Morgan fingerprint density at radius 1 is 1.11 bits per heavy atom. The quantitative estimate of drug-likeness (QED) is 0.784. The number of piperidine rings is 1. The van der Waals surface area contributed by atoms with E-state index in [0.29, 0.717) is 18.0 Å². The third kappa shape index (κ3) is 5.70. The van der Waals surface area contributed by atoms with Crippen LogP contribution in [0, 0.1) is 5.92 Å². The molecule has 0 aromatic rings. The van der Waals surface area contributed by atoms with Crippen LogP contribution in [0.4, 0.5) is 0 Å². The van der Waals surface area contributed by atoms with E-state index >= 15 is 0 Å². The monoisotopic (exact) mass is 288 g/mol. The molecule has 2 rings (SSSR count). The van der Waals surface area contributed by atoms with Crippen LogP contribution in [0.2, 0.25) is 0 Å². The van der Waals surface area contributed by atoms with Crippen LogP contribution < -0.4 is 10.6 Å². The Hall–Kier alpha value is -0.280. The van der Waals surface area contributed by atoms with Gasteiger partial charge in [-0.25, -0.2) is 0 Å². The Kier molecular flexibility index (Phi) is 7.77. The van der Waals surface area contributed by atoms with Crippen LogP contribution in [0.1, 0.15) is 64.7 Å². The van der Waals surface area contributed by atoms with Gasteiger partial charge >= 0.3 is 0 Å². The molecule has 3 nitrogen and oxygen atoms in total. The predicted molar refractivity (Wildman–Crippen MR) is 81.7 cm³/mol. The molecule has 1 saturated carbocycles. The molecule has 0 spiro atoms. The van der Waals surface area contributed by atoms with Gasteiger partial charge in [-0.1, -0.05) is 25.7 Å². The van der Waals surface area contributed by atoms with Gasteiger partial charge in [0.25, 0.3) is 0 Å². The van der Waals surface area contributed by atoms with E-state index in [-0.39, 0.29) is 18.3 Å². The minimum absolute atomic E-state index is 0. The molecule has 2 fully saturated rings. The number of amides is 1. The minimum Gasteiger partial charge on any atom is -0.352 e. The number of carbonyl (C=O) groups excluding carboxylic acids is 1. The highest BCUT2D eigenvalue weighted by atomic mass is 35.5. The van der Waals surface area contributed by atoms with E-state index in [1.165, 1.54) is 44.9 Å². The Morgan fingerprint density at radius 3 is 2.42 bits per heavy atom. The highest BCUT2D eigenvalue weighted by molar-refractivity contribution is 5.85. The summed E-state index contributed by atoms with van der Waals surface area (Å²) in [6.45, 7) is 3.27. The number of rotatable bonds is 3. The molecule has 2 aliphatic rings. The number of nitrogens with one attached hydrogen (secondary N) is 2. The van der Waals surface area contributed by atoms with Gasteiger partial charge < -0.3 is 10.6 Å². The van der Waals surface area contributed by atoms with Crippen LogP contribution in [0.5, 0.6) is 0 Å². The van der Waals surface area contributed by atoms with Crippen molar-refractivity contribution in [1.82, 2.24) is 10.6 Å². The summed E-state index contributed by atoms with van der Waals surface area (Å²) in [5, 5.41) is 6.67. The Bertz CT molecular complexity index is 265. The molecule has 1 heterocycles. The fourth-order valence-electron chi connectivity index (χ4n) is 3.34. The highest BCUT2D eigenvalue weighted by Gasteiger charge is 2.23. The lowest BCUT2D eigenvalue weighted by atomic mass is 9.95. The second-order valence-electron chi connectivity index (χ2n) is 6.12. The molecule has 0 aromatic carbocycles. The lowest BCUT2D eigenvalue weighted by molar-refractivity contribution is -0.123. The van der Waals surface area contributed by atoms with Crippen molar-refractivity contribution in [2.45, 2.75) is 76.8 Å². The molecular formula is C15H29ClN2O. The summed E-state index contributed by atoms with van der Waals surface area (Å²) in [5.74, 6) is 0.918. The normalized spacial score (nSPS) is 29.1. The first kappa shape index (κ1) is 16.8. The van der Waals surface area contributed by atoms with E-state index in [4.69, 9.17) is 0 Å². The van der Waals surface area contributed by atoms with Crippen LogP contribution >= 0.6 is 12.4 Å². The lowest BCUT2D eigenvalue weighted by Crippen LogP contribution is -2.52. The van der Waals surface area contributed by atoms with Crippen molar-refractivity contribution in [2.75, 3.05) is 6.54 Å². The minimum atomic E-state index is 0. The highest BCUT2D eigenvalue weighted by Crippen LogP contribution is 2.25. The fraction of sp³-hybridized carbons (Fsp3) is 0.933. The SMILES string of the molecule is CC1NCCCC1NC(=O)CC1CCCCCC1.Cl. The zero-order valence-corrected chi connectivity index (χ0v) is 12.9. The zero-order valence-electron chi connectivity index (χ0n) is 12.1. The van der Waals surface area contributed by atoms with Crippen molar-refractivity contribution in [3.8, 4) is 0 Å². The molecule has 2 atom stereocenters. The van der Waals surface area contributed by atoms with E-state index in [1.807, 2.05) is 0 Å². The first-order valence-corrected chi connectivity index (χ1v) is 7.78. The van der Waals surface area contributed by atoms with E-state index < -0.39 is 0 Å². The van der Waals surface area contributed by atoms with Gasteiger partial charge in [-0.3, -0.25) is 4.79 Å². The second kappa shape index (κ2) is 8.80. The summed E-state index contributed by atoms with van der Waals surface area (Å²) in [7, 11) is 0. The maximum absolute atomic E-state index is 12.1. The Balaban J connectivity index is 0.00000180. The van der Waals surface area contributed by atoms with Gasteiger partial charge in [0.1, 0.15) is 0 Å². The van der Waals surface area contributed by atoms with E-state index in [1.54, 1.807) is 0 Å². The first-order valence-electron chi connectivity index (χ1n) is 7.78. The lowest BCUT2D eigenvalue weighted by Gasteiger charge is -2.31. The molecule has 0 aromatic heterocycles. The average molecular weight is 289 g/mol. The summed E-state index contributed by atoms with van der Waals surface area (Å²) in [6, 6.07) is 0.772. The molecule has 0 radical (unpaired) electrons. The van der Waals surface area contributed by atoms with Gasteiger partial charge in [-0.15, -0.1) is 12.4 Å². The first-order chi connectivity index (χ1) is 8.75. The largest absolute Gasteiger partial charge is 0.352 e. The van der Waals surface area contributed by atoms with Gasteiger partial charge in [-0.2, -0.15) is 0 Å². The van der Waals surface area contributed by atoms with E-state index in [9.17, 15) is 4.79 Å². The second-order valence-corrected chi connectivity index (χ2v) is 6.12. The average Bonchev–Trinajstić information content (AvgIpc) is 2.61. The fourth-order valence-corrected chi connectivity index (χ4v) is 3.34. The maximum atomic E-state index is 12.1. The molecule has 112 valence electrons. The summed E-state index contributed by atoms with van der Waals surface area (Å²) < 4.78 is 0. The van der Waals surface area contributed by atoms with Crippen molar-refractivity contribution < 1.29 is 4.79 Å². The van der Waals surface area contributed by atoms with Gasteiger partial charge in [-0.05, 0) is 45.1 Å². The third-order valence-corrected chi connectivity index (χ3v) is 4.56. The van der Waals surface area contributed by atoms with Crippen LogP contribution in [-0.2, 0) is 4.79 Å². The van der Waals surface area contributed by atoms with Crippen LogP contribution in [0.15, 0.2) is 0 Å². The van der Waals surface area contributed by atoms with E-state index in [0.717, 1.165) is 19.4 Å². The topological polar surface area (TPSA) is 41.1 Å². The van der Waals surface area contributed by atoms with Crippen molar-refractivity contribution in [1.29, 1.82) is 0 Å².